The number of fused-ring (bicyclic) bond motifs is 4. The van der Waals surface area contributed by atoms with E-state index < -0.39 is 0 Å². The fourth-order valence-corrected chi connectivity index (χ4v) is 3.76. The van der Waals surface area contributed by atoms with E-state index in [1.165, 1.54) is 11.3 Å². The largest absolute Gasteiger partial charge is 0.497 e. The third-order valence-corrected chi connectivity index (χ3v) is 4.94. The molecule has 0 aliphatic carbocycles. The maximum absolute atomic E-state index is 13.0. The number of ether oxygens (including phenoxy) is 1. The quantitative estimate of drug-likeness (QED) is 0.431. The maximum atomic E-state index is 13.0. The van der Waals surface area contributed by atoms with Crippen LogP contribution in [0.25, 0.3) is 31.1 Å². The van der Waals surface area contributed by atoms with Crippen molar-refractivity contribution >= 4 is 48.2 Å². The highest BCUT2D eigenvalue weighted by molar-refractivity contribution is 7.25. The zero-order chi connectivity index (χ0) is 15.3. The van der Waals surface area contributed by atoms with Crippen molar-refractivity contribution in [2.24, 2.45) is 0 Å². The van der Waals surface area contributed by atoms with Crippen molar-refractivity contribution in [3.8, 4) is 5.75 Å². The summed E-state index contributed by atoms with van der Waals surface area (Å²) in [4.78, 5) is 17.4. The number of aromatic nitrogens is 1. The number of hydrogen-bond acceptors (Lipinski definition) is 5. The number of nitrogen functional groups attached to an aromatic ring is 1. The summed E-state index contributed by atoms with van der Waals surface area (Å²) >= 11 is 1.48. The van der Waals surface area contributed by atoms with Crippen LogP contribution >= 0.6 is 11.3 Å². The van der Waals surface area contributed by atoms with Crippen molar-refractivity contribution in [2.75, 3.05) is 12.8 Å². The van der Waals surface area contributed by atoms with Crippen molar-refractivity contribution in [2.45, 2.75) is 0 Å². The molecule has 0 fully saturated rings. The number of nitrogens with two attached hydrogens (primary N) is 1. The van der Waals surface area contributed by atoms with Gasteiger partial charge in [-0.25, -0.2) is 4.98 Å². The van der Waals surface area contributed by atoms with E-state index in [1.807, 2.05) is 36.4 Å². The molecule has 0 spiro atoms. The lowest BCUT2D eigenvalue weighted by Crippen LogP contribution is -2.05. The molecule has 0 saturated heterocycles. The minimum Gasteiger partial charge on any atom is -0.497 e. The Hall–Kier alpha value is -2.66. The van der Waals surface area contributed by atoms with Crippen LogP contribution in [0, 0.1) is 0 Å². The number of hydrogen-bond donors (Lipinski definition) is 1. The average molecular weight is 308 g/mol. The van der Waals surface area contributed by atoms with Crippen LogP contribution in [0.5, 0.6) is 5.75 Å². The SMILES string of the molecule is COc1ccc2sc3c(N)nc4ccccc4c3c(=O)c2c1. The lowest BCUT2D eigenvalue weighted by atomic mass is 10.1. The summed E-state index contributed by atoms with van der Waals surface area (Å²) in [5.74, 6) is 1.07. The first-order chi connectivity index (χ1) is 10.7. The number of para-hydroxylation sites is 1. The topological polar surface area (TPSA) is 65.2 Å². The number of anilines is 1. The molecule has 22 heavy (non-hydrogen) atoms. The van der Waals surface area contributed by atoms with Crippen LogP contribution < -0.4 is 15.9 Å². The van der Waals surface area contributed by atoms with E-state index in [9.17, 15) is 4.79 Å². The third kappa shape index (κ3) is 1.76. The average Bonchev–Trinajstić information content (AvgIpc) is 2.55. The van der Waals surface area contributed by atoms with Gasteiger partial charge in [0.05, 0.1) is 22.7 Å². The molecule has 0 amide bonds. The number of nitrogens with zero attached hydrogens (tertiary/aromatic N) is 1. The fraction of sp³-hybridized carbons (Fsp3) is 0.0588. The minimum atomic E-state index is -0.0343. The molecule has 0 bridgehead atoms. The van der Waals surface area contributed by atoms with Crippen LogP contribution in [-0.2, 0) is 0 Å². The smallest absolute Gasteiger partial charge is 0.196 e. The Morgan fingerprint density at radius 2 is 1.95 bits per heavy atom. The molecular weight excluding hydrogens is 296 g/mol. The third-order valence-electron chi connectivity index (χ3n) is 3.74. The molecule has 0 aliphatic heterocycles. The summed E-state index contributed by atoms with van der Waals surface area (Å²) < 4.78 is 6.84. The zero-order valence-corrected chi connectivity index (χ0v) is 12.6. The van der Waals surface area contributed by atoms with Gasteiger partial charge < -0.3 is 10.5 Å². The number of rotatable bonds is 1. The summed E-state index contributed by atoms with van der Waals surface area (Å²) in [6.07, 6.45) is 0. The standard InChI is InChI=1S/C17H12N2O2S/c1-21-9-6-7-13-11(8-9)15(20)14-10-4-2-3-5-12(10)19-17(18)16(14)22-13/h2-8H,1H3,(H2,18,19). The number of pyridine rings is 1. The van der Waals surface area contributed by atoms with Crippen LogP contribution in [0.15, 0.2) is 47.3 Å². The molecule has 0 saturated carbocycles. The van der Waals surface area contributed by atoms with Gasteiger partial charge >= 0.3 is 0 Å². The molecule has 4 nitrogen and oxygen atoms in total. The predicted octanol–water partition coefficient (Wildman–Crippen LogP) is 3.55. The van der Waals surface area contributed by atoms with Crippen molar-refractivity contribution < 1.29 is 4.74 Å². The Bertz CT molecular complexity index is 1100. The van der Waals surface area contributed by atoms with E-state index in [1.54, 1.807) is 13.2 Å². The van der Waals surface area contributed by atoms with E-state index in [-0.39, 0.29) is 5.43 Å². The highest BCUT2D eigenvalue weighted by atomic mass is 32.1. The number of methoxy groups -OCH3 is 1. The molecule has 0 atom stereocenters. The summed E-state index contributed by atoms with van der Waals surface area (Å²) in [7, 11) is 1.59. The van der Waals surface area contributed by atoms with Crippen molar-refractivity contribution in [1.82, 2.24) is 4.98 Å². The summed E-state index contributed by atoms with van der Waals surface area (Å²) in [5, 5.41) is 2.11. The van der Waals surface area contributed by atoms with Gasteiger partial charge in [0.25, 0.3) is 0 Å². The molecule has 4 aromatic rings. The van der Waals surface area contributed by atoms with E-state index in [4.69, 9.17) is 10.5 Å². The molecule has 4 rings (SSSR count). The maximum Gasteiger partial charge on any atom is 0.196 e. The van der Waals surface area contributed by atoms with Gasteiger partial charge in [-0.2, -0.15) is 0 Å². The zero-order valence-electron chi connectivity index (χ0n) is 11.8. The minimum absolute atomic E-state index is 0.0343. The molecule has 2 aromatic carbocycles. The first kappa shape index (κ1) is 13.0. The van der Waals surface area contributed by atoms with Gasteiger partial charge in [0, 0.05) is 15.5 Å². The molecule has 0 aliphatic rings. The Kier molecular flexibility index (Phi) is 2.77. The van der Waals surface area contributed by atoms with Gasteiger partial charge in [-0.15, -0.1) is 11.3 Å². The first-order valence-corrected chi connectivity index (χ1v) is 7.59. The van der Waals surface area contributed by atoms with Crippen LogP contribution in [0.1, 0.15) is 0 Å². The molecule has 5 heteroatoms. The lowest BCUT2D eigenvalue weighted by Gasteiger charge is -2.08. The highest BCUT2D eigenvalue weighted by Gasteiger charge is 2.13. The van der Waals surface area contributed by atoms with Gasteiger partial charge in [0.1, 0.15) is 11.6 Å². The second-order valence-corrected chi connectivity index (χ2v) is 6.06. The second kappa shape index (κ2) is 4.68. The lowest BCUT2D eigenvalue weighted by molar-refractivity contribution is 0.415. The summed E-state index contributed by atoms with van der Waals surface area (Å²) in [6, 6.07) is 13.1. The molecule has 2 aromatic heterocycles. The molecule has 2 N–H and O–H groups in total. The van der Waals surface area contributed by atoms with Crippen LogP contribution in [0.4, 0.5) is 5.82 Å². The fourth-order valence-electron chi connectivity index (χ4n) is 2.69. The van der Waals surface area contributed by atoms with E-state index in [0.29, 0.717) is 22.3 Å². The van der Waals surface area contributed by atoms with Crippen LogP contribution in [-0.4, -0.2) is 12.1 Å². The van der Waals surface area contributed by atoms with E-state index in [0.717, 1.165) is 20.3 Å². The monoisotopic (exact) mass is 308 g/mol. The molecule has 2 heterocycles. The molecule has 108 valence electrons. The van der Waals surface area contributed by atoms with Gasteiger partial charge in [0.15, 0.2) is 5.43 Å². The van der Waals surface area contributed by atoms with Gasteiger partial charge in [-0.1, -0.05) is 18.2 Å². The molecular formula is C17H12N2O2S. The number of benzene rings is 2. The van der Waals surface area contributed by atoms with E-state index >= 15 is 0 Å². The van der Waals surface area contributed by atoms with Gasteiger partial charge in [0.2, 0.25) is 0 Å². The second-order valence-electron chi connectivity index (χ2n) is 5.01. The van der Waals surface area contributed by atoms with Crippen molar-refractivity contribution in [3.63, 3.8) is 0 Å². The van der Waals surface area contributed by atoms with Crippen molar-refractivity contribution in [3.05, 3.63) is 52.7 Å². The van der Waals surface area contributed by atoms with Gasteiger partial charge in [-0.05, 0) is 24.3 Å². The molecule has 0 radical (unpaired) electrons. The molecule has 0 unspecified atom stereocenters. The van der Waals surface area contributed by atoms with Crippen LogP contribution in [0.2, 0.25) is 0 Å². The Morgan fingerprint density at radius 3 is 2.77 bits per heavy atom. The predicted molar refractivity (Wildman–Crippen MR) is 91.9 cm³/mol. The summed E-state index contributed by atoms with van der Waals surface area (Å²) in [5.41, 5.74) is 6.77. The van der Waals surface area contributed by atoms with E-state index in [2.05, 4.69) is 4.98 Å². The first-order valence-electron chi connectivity index (χ1n) is 6.78. The van der Waals surface area contributed by atoms with Crippen LogP contribution in [0.3, 0.4) is 0 Å². The van der Waals surface area contributed by atoms with Crippen molar-refractivity contribution in [1.29, 1.82) is 0 Å². The highest BCUT2D eigenvalue weighted by Crippen LogP contribution is 2.33. The normalized spacial score (nSPS) is 11.3. The Labute approximate surface area is 129 Å². The summed E-state index contributed by atoms with van der Waals surface area (Å²) in [6.45, 7) is 0. The Morgan fingerprint density at radius 1 is 1.14 bits per heavy atom. The van der Waals surface area contributed by atoms with Gasteiger partial charge in [-0.3, -0.25) is 4.79 Å². The Balaban J connectivity index is 2.30.